The average molecular weight is 408 g/mol. The Morgan fingerprint density at radius 3 is 2.38 bits per heavy atom. The molecule has 2 amide bonds. The van der Waals surface area contributed by atoms with E-state index in [1.165, 1.54) is 17.3 Å². The van der Waals surface area contributed by atoms with Crippen molar-refractivity contribution in [1.82, 2.24) is 4.90 Å². The first-order valence-corrected chi connectivity index (χ1v) is 10.8. The predicted octanol–water partition coefficient (Wildman–Crippen LogP) is 4.73. The van der Waals surface area contributed by atoms with Crippen LogP contribution in [0, 0.1) is 20.8 Å². The largest absolute Gasteiger partial charge is 0.326 e. The molecule has 0 spiro atoms. The molecule has 2 fully saturated rings. The van der Waals surface area contributed by atoms with Gasteiger partial charge in [-0.15, -0.1) is 0 Å². The van der Waals surface area contributed by atoms with E-state index >= 15 is 0 Å². The molecule has 5 nitrogen and oxygen atoms in total. The molecule has 0 aromatic heterocycles. The van der Waals surface area contributed by atoms with Crippen LogP contribution < -0.4 is 5.32 Å². The molecule has 0 radical (unpaired) electrons. The minimum Gasteiger partial charge on any atom is -0.326 e. The molecule has 2 aliphatic rings. The van der Waals surface area contributed by atoms with Gasteiger partial charge in [0, 0.05) is 18.2 Å². The van der Waals surface area contributed by atoms with Gasteiger partial charge in [-0.3, -0.25) is 14.5 Å². The van der Waals surface area contributed by atoms with Gasteiger partial charge in [0.15, 0.2) is 5.17 Å². The topological polar surface area (TPSA) is 61.8 Å². The van der Waals surface area contributed by atoms with E-state index < -0.39 is 5.25 Å². The number of rotatable bonds is 5. The van der Waals surface area contributed by atoms with E-state index in [4.69, 9.17) is 4.99 Å². The van der Waals surface area contributed by atoms with Crippen LogP contribution >= 0.6 is 11.8 Å². The second-order valence-electron chi connectivity index (χ2n) is 7.79. The Hall–Kier alpha value is -2.60. The van der Waals surface area contributed by atoms with Crippen molar-refractivity contribution in [2.24, 2.45) is 4.99 Å². The number of carbonyl (C=O) groups excluding carboxylic acids is 2. The number of hydrogen-bond acceptors (Lipinski definition) is 4. The van der Waals surface area contributed by atoms with Crippen LogP contribution in [-0.2, 0) is 9.59 Å². The van der Waals surface area contributed by atoms with Gasteiger partial charge in [0.2, 0.25) is 11.8 Å². The highest BCUT2D eigenvalue weighted by Gasteiger charge is 2.46. The second-order valence-corrected chi connectivity index (χ2v) is 8.96. The number of nitrogens with one attached hydrogen (secondary N) is 1. The predicted molar refractivity (Wildman–Crippen MR) is 119 cm³/mol. The molecule has 6 heteroatoms. The smallest absolute Gasteiger partial charge is 0.242 e. The average Bonchev–Trinajstić information content (AvgIpc) is 3.46. The quantitative estimate of drug-likeness (QED) is 0.779. The molecule has 1 heterocycles. The van der Waals surface area contributed by atoms with E-state index in [-0.39, 0.29) is 24.3 Å². The first kappa shape index (κ1) is 19.7. The number of hydrogen-bond donors (Lipinski definition) is 1. The van der Waals surface area contributed by atoms with Crippen LogP contribution in [0.15, 0.2) is 47.5 Å². The lowest BCUT2D eigenvalue weighted by molar-refractivity contribution is -0.128. The lowest BCUT2D eigenvalue weighted by atomic mass is 10.1. The molecule has 150 valence electrons. The van der Waals surface area contributed by atoms with Gasteiger partial charge in [0.05, 0.1) is 5.69 Å². The summed E-state index contributed by atoms with van der Waals surface area (Å²) in [5.74, 6) is -0.138. The molecular formula is C23H25N3O2S. The minimum absolute atomic E-state index is 0.0000160. The number of nitrogens with zero attached hydrogens (tertiary/aromatic N) is 2. The third kappa shape index (κ3) is 4.37. The minimum atomic E-state index is -0.427. The van der Waals surface area contributed by atoms with Gasteiger partial charge in [0.1, 0.15) is 5.25 Å². The van der Waals surface area contributed by atoms with Crippen molar-refractivity contribution in [3.05, 3.63) is 59.2 Å². The number of para-hydroxylation sites is 1. The first-order chi connectivity index (χ1) is 13.9. The molecule has 1 aliphatic heterocycles. The highest BCUT2D eigenvalue weighted by Crippen LogP contribution is 2.39. The van der Waals surface area contributed by atoms with Crippen LogP contribution in [-0.4, -0.2) is 33.2 Å². The maximum absolute atomic E-state index is 13.0. The Morgan fingerprint density at radius 1 is 1.10 bits per heavy atom. The highest BCUT2D eigenvalue weighted by atomic mass is 32.2. The van der Waals surface area contributed by atoms with Crippen molar-refractivity contribution in [3.63, 3.8) is 0 Å². The van der Waals surface area contributed by atoms with Crippen molar-refractivity contribution >= 4 is 40.1 Å². The lowest BCUT2D eigenvalue weighted by Gasteiger charge is -2.15. The normalized spacial score (nSPS) is 20.4. The van der Waals surface area contributed by atoms with Crippen LogP contribution in [0.3, 0.4) is 0 Å². The second kappa shape index (κ2) is 8.03. The summed E-state index contributed by atoms with van der Waals surface area (Å²) < 4.78 is 0. The van der Waals surface area contributed by atoms with Gasteiger partial charge in [0.25, 0.3) is 0 Å². The fraction of sp³-hybridized carbons (Fsp3) is 0.348. The SMILES string of the molecule is Cc1ccc(N=C2S[C@@H](CC(=O)Nc3c(C)cccc3C)C(=O)N2C2CC2)cc1. The van der Waals surface area contributed by atoms with Crippen LogP contribution in [0.1, 0.15) is 36.0 Å². The summed E-state index contributed by atoms with van der Waals surface area (Å²) >= 11 is 1.41. The molecule has 2 aromatic rings. The van der Waals surface area contributed by atoms with E-state index in [2.05, 4.69) is 5.32 Å². The lowest BCUT2D eigenvalue weighted by Crippen LogP contribution is -2.35. The van der Waals surface area contributed by atoms with Gasteiger partial charge < -0.3 is 5.32 Å². The Labute approximate surface area is 175 Å². The molecule has 2 aromatic carbocycles. The number of aryl methyl sites for hydroxylation is 3. The summed E-state index contributed by atoms with van der Waals surface area (Å²) in [6.07, 6.45) is 2.15. The molecule has 0 unspecified atom stereocenters. The molecule has 1 atom stereocenters. The zero-order chi connectivity index (χ0) is 20.5. The van der Waals surface area contributed by atoms with Gasteiger partial charge in [-0.1, -0.05) is 47.7 Å². The molecular weight excluding hydrogens is 382 g/mol. The van der Waals surface area contributed by atoms with E-state index in [9.17, 15) is 9.59 Å². The van der Waals surface area contributed by atoms with E-state index in [0.29, 0.717) is 5.17 Å². The number of amidine groups is 1. The summed E-state index contributed by atoms with van der Waals surface area (Å²) in [5.41, 5.74) is 4.87. The summed E-state index contributed by atoms with van der Waals surface area (Å²) in [5, 5.41) is 3.28. The maximum atomic E-state index is 13.0. The number of aliphatic imine (C=N–C) groups is 1. The van der Waals surface area contributed by atoms with Crippen molar-refractivity contribution < 1.29 is 9.59 Å². The fourth-order valence-electron chi connectivity index (χ4n) is 3.46. The molecule has 1 aliphatic carbocycles. The summed E-state index contributed by atoms with van der Waals surface area (Å²) in [7, 11) is 0. The molecule has 1 N–H and O–H groups in total. The van der Waals surface area contributed by atoms with E-state index in [1.54, 1.807) is 0 Å². The van der Waals surface area contributed by atoms with Crippen LogP contribution in [0.25, 0.3) is 0 Å². The zero-order valence-electron chi connectivity index (χ0n) is 16.9. The van der Waals surface area contributed by atoms with Crippen molar-refractivity contribution in [2.75, 3.05) is 5.32 Å². The summed E-state index contributed by atoms with van der Waals surface area (Å²) in [6, 6.07) is 14.1. The Bertz CT molecular complexity index is 960. The van der Waals surface area contributed by atoms with Gasteiger partial charge in [-0.2, -0.15) is 0 Å². The number of thioether (sulfide) groups is 1. The number of carbonyl (C=O) groups is 2. The molecule has 4 rings (SSSR count). The van der Waals surface area contributed by atoms with Gasteiger partial charge in [-0.05, 0) is 56.9 Å². The van der Waals surface area contributed by atoms with Gasteiger partial charge >= 0.3 is 0 Å². The van der Waals surface area contributed by atoms with Crippen molar-refractivity contribution in [1.29, 1.82) is 0 Å². The Morgan fingerprint density at radius 2 is 1.76 bits per heavy atom. The number of amides is 2. The molecule has 0 bridgehead atoms. The Balaban J connectivity index is 1.50. The fourth-order valence-corrected chi connectivity index (χ4v) is 4.68. The monoisotopic (exact) mass is 407 g/mol. The van der Waals surface area contributed by atoms with Crippen LogP contribution in [0.2, 0.25) is 0 Å². The van der Waals surface area contributed by atoms with Crippen molar-refractivity contribution in [3.8, 4) is 0 Å². The van der Waals surface area contributed by atoms with Gasteiger partial charge in [-0.25, -0.2) is 4.99 Å². The first-order valence-electron chi connectivity index (χ1n) is 9.93. The van der Waals surface area contributed by atoms with E-state index in [1.807, 2.05) is 68.1 Å². The van der Waals surface area contributed by atoms with E-state index in [0.717, 1.165) is 35.3 Å². The Kier molecular flexibility index (Phi) is 5.46. The maximum Gasteiger partial charge on any atom is 0.242 e. The van der Waals surface area contributed by atoms with Crippen molar-refractivity contribution in [2.45, 2.75) is 51.3 Å². The number of benzene rings is 2. The molecule has 1 saturated heterocycles. The molecule has 29 heavy (non-hydrogen) atoms. The highest BCUT2D eigenvalue weighted by molar-refractivity contribution is 8.15. The summed E-state index contributed by atoms with van der Waals surface area (Å²) in [4.78, 5) is 32.2. The summed E-state index contributed by atoms with van der Waals surface area (Å²) in [6.45, 7) is 5.98. The number of anilines is 1. The zero-order valence-corrected chi connectivity index (χ0v) is 17.8. The van der Waals surface area contributed by atoms with Crippen LogP contribution in [0.4, 0.5) is 11.4 Å². The van der Waals surface area contributed by atoms with Crippen LogP contribution in [0.5, 0.6) is 0 Å². The third-order valence-electron chi connectivity index (χ3n) is 5.25. The standard InChI is InChI=1S/C23H25N3O2S/c1-14-7-9-17(10-8-14)24-23-26(18-11-12-18)22(28)19(29-23)13-20(27)25-21-15(2)5-4-6-16(21)3/h4-10,18-19H,11-13H2,1-3H3,(H,25,27)/t19-/m0/s1. The molecule has 1 saturated carbocycles. The third-order valence-corrected chi connectivity index (χ3v) is 6.41.